The van der Waals surface area contributed by atoms with Gasteiger partial charge in [-0.1, -0.05) is 15.9 Å². The standard InChI is InChI=1S/C11H13BrFNO/c1-15-10-4-7(5-12)11(13)8-2-3-14-6-9(8)10/h4,14H,2-3,5-6H2,1H3. The zero-order chi connectivity index (χ0) is 10.8. The molecule has 0 radical (unpaired) electrons. The normalized spacial score (nSPS) is 14.9. The van der Waals surface area contributed by atoms with Crippen LogP contribution in [0.5, 0.6) is 5.75 Å². The van der Waals surface area contributed by atoms with E-state index < -0.39 is 0 Å². The van der Waals surface area contributed by atoms with E-state index in [9.17, 15) is 4.39 Å². The van der Waals surface area contributed by atoms with Gasteiger partial charge in [-0.15, -0.1) is 0 Å². The highest BCUT2D eigenvalue weighted by Crippen LogP contribution is 2.31. The van der Waals surface area contributed by atoms with E-state index >= 15 is 0 Å². The average molecular weight is 274 g/mol. The lowest BCUT2D eigenvalue weighted by molar-refractivity contribution is 0.401. The van der Waals surface area contributed by atoms with E-state index in [-0.39, 0.29) is 5.82 Å². The van der Waals surface area contributed by atoms with Gasteiger partial charge in [-0.3, -0.25) is 0 Å². The Morgan fingerprint density at radius 3 is 3.00 bits per heavy atom. The van der Waals surface area contributed by atoms with Gasteiger partial charge in [-0.2, -0.15) is 0 Å². The maximum absolute atomic E-state index is 14.0. The Balaban J connectivity index is 2.58. The minimum atomic E-state index is -0.0795. The van der Waals surface area contributed by atoms with Crippen molar-refractivity contribution >= 4 is 15.9 Å². The third-order valence-corrected chi connectivity index (χ3v) is 3.34. The molecule has 4 heteroatoms. The summed E-state index contributed by atoms with van der Waals surface area (Å²) in [6.45, 7) is 1.52. The molecular formula is C11H13BrFNO. The van der Waals surface area contributed by atoms with E-state index in [1.807, 2.05) is 0 Å². The lowest BCUT2D eigenvalue weighted by Gasteiger charge is -2.21. The maximum Gasteiger partial charge on any atom is 0.131 e. The number of halogens is 2. The molecule has 0 spiro atoms. The minimum Gasteiger partial charge on any atom is -0.496 e. The van der Waals surface area contributed by atoms with Gasteiger partial charge in [0.15, 0.2) is 0 Å². The second kappa shape index (κ2) is 4.49. The van der Waals surface area contributed by atoms with Gasteiger partial charge in [0.25, 0.3) is 0 Å². The van der Waals surface area contributed by atoms with Crippen LogP contribution < -0.4 is 10.1 Å². The van der Waals surface area contributed by atoms with Gasteiger partial charge in [-0.25, -0.2) is 4.39 Å². The van der Waals surface area contributed by atoms with Crippen molar-refractivity contribution in [3.63, 3.8) is 0 Å². The van der Waals surface area contributed by atoms with Crippen LogP contribution in [0.15, 0.2) is 6.07 Å². The van der Waals surface area contributed by atoms with Crippen LogP contribution in [0.2, 0.25) is 0 Å². The molecule has 1 aliphatic heterocycles. The number of methoxy groups -OCH3 is 1. The van der Waals surface area contributed by atoms with Crippen molar-refractivity contribution in [2.75, 3.05) is 13.7 Å². The minimum absolute atomic E-state index is 0.0795. The van der Waals surface area contributed by atoms with E-state index in [1.165, 1.54) is 0 Å². The number of hydrogen-bond acceptors (Lipinski definition) is 2. The highest BCUT2D eigenvalue weighted by molar-refractivity contribution is 9.08. The molecule has 0 saturated heterocycles. The summed E-state index contributed by atoms with van der Waals surface area (Å²) in [5.74, 6) is 0.706. The summed E-state index contributed by atoms with van der Waals surface area (Å²) in [6, 6.07) is 1.77. The van der Waals surface area contributed by atoms with Crippen molar-refractivity contribution < 1.29 is 9.13 Å². The first-order valence-corrected chi connectivity index (χ1v) is 6.04. The van der Waals surface area contributed by atoms with Crippen LogP contribution in [-0.4, -0.2) is 13.7 Å². The molecule has 1 N–H and O–H groups in total. The quantitative estimate of drug-likeness (QED) is 0.836. The first-order chi connectivity index (χ1) is 7.27. The van der Waals surface area contributed by atoms with E-state index in [1.54, 1.807) is 13.2 Å². The van der Waals surface area contributed by atoms with Gasteiger partial charge in [0, 0.05) is 23.0 Å². The number of alkyl halides is 1. The van der Waals surface area contributed by atoms with Crippen LogP contribution in [0.4, 0.5) is 4.39 Å². The molecule has 1 aliphatic rings. The summed E-state index contributed by atoms with van der Waals surface area (Å²) >= 11 is 3.29. The second-order valence-corrected chi connectivity index (χ2v) is 4.13. The number of ether oxygens (including phenoxy) is 1. The number of rotatable bonds is 2. The molecule has 82 valence electrons. The Morgan fingerprint density at radius 2 is 2.33 bits per heavy atom. The molecule has 15 heavy (non-hydrogen) atoms. The Morgan fingerprint density at radius 1 is 1.53 bits per heavy atom. The summed E-state index contributed by atoms with van der Waals surface area (Å²) in [7, 11) is 1.63. The fourth-order valence-electron chi connectivity index (χ4n) is 1.94. The third kappa shape index (κ3) is 1.88. The van der Waals surface area contributed by atoms with Gasteiger partial charge in [0.1, 0.15) is 11.6 Å². The Kier molecular flexibility index (Phi) is 3.26. The Bertz CT molecular complexity index is 381. The third-order valence-electron chi connectivity index (χ3n) is 2.73. The fraction of sp³-hybridized carbons (Fsp3) is 0.455. The van der Waals surface area contributed by atoms with Crippen molar-refractivity contribution in [1.82, 2.24) is 5.32 Å². The van der Waals surface area contributed by atoms with E-state index in [4.69, 9.17) is 4.74 Å². The Hall–Kier alpha value is -0.610. The highest BCUT2D eigenvalue weighted by Gasteiger charge is 2.20. The molecule has 1 aromatic rings. The SMILES string of the molecule is COc1cc(CBr)c(F)c2c1CNCC2. The summed E-state index contributed by atoms with van der Waals surface area (Å²) in [4.78, 5) is 0. The van der Waals surface area contributed by atoms with E-state index in [0.717, 1.165) is 29.8 Å². The molecule has 2 rings (SSSR count). The number of nitrogens with one attached hydrogen (secondary N) is 1. The fourth-order valence-corrected chi connectivity index (χ4v) is 2.35. The zero-order valence-electron chi connectivity index (χ0n) is 8.57. The molecular weight excluding hydrogens is 261 g/mol. The topological polar surface area (TPSA) is 21.3 Å². The molecule has 0 bridgehead atoms. The number of benzene rings is 1. The van der Waals surface area contributed by atoms with Crippen molar-refractivity contribution in [2.45, 2.75) is 18.3 Å². The number of fused-ring (bicyclic) bond motifs is 1. The largest absolute Gasteiger partial charge is 0.496 e. The lowest BCUT2D eigenvalue weighted by atomic mass is 9.97. The molecule has 0 fully saturated rings. The maximum atomic E-state index is 14.0. The van der Waals surface area contributed by atoms with Crippen LogP contribution in [0.3, 0.4) is 0 Å². The second-order valence-electron chi connectivity index (χ2n) is 3.57. The summed E-state index contributed by atoms with van der Waals surface area (Å²) < 4.78 is 19.2. The van der Waals surface area contributed by atoms with Crippen LogP contribution in [0.25, 0.3) is 0 Å². The molecule has 1 heterocycles. The van der Waals surface area contributed by atoms with Crippen LogP contribution in [0, 0.1) is 5.82 Å². The predicted octanol–water partition coefficient (Wildman–Crippen LogP) is 2.37. The molecule has 1 aromatic carbocycles. The number of hydrogen-bond donors (Lipinski definition) is 1. The van der Waals surface area contributed by atoms with Gasteiger partial charge >= 0.3 is 0 Å². The zero-order valence-corrected chi connectivity index (χ0v) is 10.2. The lowest BCUT2D eigenvalue weighted by Crippen LogP contribution is -2.25. The van der Waals surface area contributed by atoms with Crippen molar-refractivity contribution in [2.24, 2.45) is 0 Å². The van der Waals surface area contributed by atoms with Crippen LogP contribution in [0.1, 0.15) is 16.7 Å². The van der Waals surface area contributed by atoms with Crippen LogP contribution >= 0.6 is 15.9 Å². The summed E-state index contributed by atoms with van der Waals surface area (Å²) in [6.07, 6.45) is 0.734. The molecule has 0 aliphatic carbocycles. The monoisotopic (exact) mass is 273 g/mol. The van der Waals surface area contributed by atoms with Gasteiger partial charge in [-0.05, 0) is 24.6 Å². The first-order valence-electron chi connectivity index (χ1n) is 4.91. The van der Waals surface area contributed by atoms with Gasteiger partial charge in [0.05, 0.1) is 7.11 Å². The predicted molar refractivity (Wildman–Crippen MR) is 61.0 cm³/mol. The molecule has 2 nitrogen and oxygen atoms in total. The summed E-state index contributed by atoms with van der Waals surface area (Å²) in [5, 5.41) is 3.75. The smallest absolute Gasteiger partial charge is 0.131 e. The van der Waals surface area contributed by atoms with E-state index in [2.05, 4.69) is 21.2 Å². The molecule has 0 atom stereocenters. The highest BCUT2D eigenvalue weighted by atomic mass is 79.9. The van der Waals surface area contributed by atoms with Gasteiger partial charge < -0.3 is 10.1 Å². The summed E-state index contributed by atoms with van der Waals surface area (Å²) in [5.41, 5.74) is 2.45. The Labute approximate surface area is 96.9 Å². The van der Waals surface area contributed by atoms with Gasteiger partial charge in [0.2, 0.25) is 0 Å². The van der Waals surface area contributed by atoms with Crippen molar-refractivity contribution in [3.8, 4) is 5.75 Å². The van der Waals surface area contributed by atoms with Crippen LogP contribution in [-0.2, 0) is 18.3 Å². The first kappa shape index (κ1) is 10.9. The van der Waals surface area contributed by atoms with E-state index in [0.29, 0.717) is 17.4 Å². The molecule has 0 unspecified atom stereocenters. The molecule has 0 aromatic heterocycles. The molecule has 0 saturated carbocycles. The molecule has 0 amide bonds. The van der Waals surface area contributed by atoms with Crippen molar-refractivity contribution in [3.05, 3.63) is 28.6 Å². The average Bonchev–Trinajstić information content (AvgIpc) is 2.30. The van der Waals surface area contributed by atoms with Crippen molar-refractivity contribution in [1.29, 1.82) is 0 Å².